The highest BCUT2D eigenvalue weighted by Gasteiger charge is 2.55. The standard InChI is InChI=1S/C29H40N5O5P/c1-19(2)34(20(3)4)40(37-16-10-15-30)39-23-17-24(38-25(23)29(6)13-14-29)33-18-21(5)26(32-28(33)36)31-27(35)22-11-8-7-9-12-22/h7-9,11-12,18-20,23-25H,10,13-14,16-17H2,1-6H3,(H,31,32,35,36)/t23?,24-,25+,40?/m1/s1. The minimum atomic E-state index is -1.46. The van der Waals surface area contributed by atoms with Crippen molar-refractivity contribution in [3.05, 3.63) is 58.1 Å². The van der Waals surface area contributed by atoms with E-state index >= 15 is 0 Å². The number of amides is 1. The number of ether oxygens (including phenoxy) is 1. The number of rotatable bonds is 12. The second-order valence-electron chi connectivity index (χ2n) is 11.4. The SMILES string of the molecule is Cc1cn([C@H]2CC(OP(OCCC#N)N(C(C)C)C(C)C)[C@@H](C3(C)CC3)O2)c(=O)nc1NC(=O)c1ccccc1. The van der Waals surface area contributed by atoms with Crippen molar-refractivity contribution in [3.63, 3.8) is 0 Å². The first-order valence-electron chi connectivity index (χ1n) is 13.9. The molecule has 1 aromatic carbocycles. The summed E-state index contributed by atoms with van der Waals surface area (Å²) in [6, 6.07) is 11.3. The molecular formula is C29H40N5O5P. The van der Waals surface area contributed by atoms with E-state index in [0.29, 0.717) is 17.5 Å². The third-order valence-corrected chi connectivity index (χ3v) is 9.56. The zero-order chi connectivity index (χ0) is 29.0. The first-order chi connectivity index (χ1) is 19.0. The largest absolute Gasteiger partial charge is 0.351 e. The van der Waals surface area contributed by atoms with Crippen LogP contribution in [-0.4, -0.2) is 51.0 Å². The van der Waals surface area contributed by atoms with Gasteiger partial charge in [-0.05, 0) is 65.0 Å². The molecule has 2 heterocycles. The highest BCUT2D eigenvalue weighted by atomic mass is 31.2. The lowest BCUT2D eigenvalue weighted by molar-refractivity contribution is -0.0522. The Balaban J connectivity index is 1.56. The van der Waals surface area contributed by atoms with Gasteiger partial charge in [0.1, 0.15) is 12.0 Å². The van der Waals surface area contributed by atoms with E-state index in [9.17, 15) is 9.59 Å². The lowest BCUT2D eigenvalue weighted by atomic mass is 9.97. The molecule has 4 rings (SSSR count). The number of aromatic nitrogens is 2. The maximum atomic E-state index is 13.2. The third kappa shape index (κ3) is 6.96. The van der Waals surface area contributed by atoms with Crippen LogP contribution in [0.1, 0.15) is 82.5 Å². The summed E-state index contributed by atoms with van der Waals surface area (Å²) in [4.78, 5) is 30.0. The summed E-state index contributed by atoms with van der Waals surface area (Å²) in [6.45, 7) is 12.7. The number of hydrogen-bond donors (Lipinski definition) is 1. The number of nitrogens with one attached hydrogen (secondary N) is 1. The first-order valence-corrected chi connectivity index (χ1v) is 15.0. The molecule has 2 fully saturated rings. The maximum absolute atomic E-state index is 13.2. The number of benzene rings is 1. The fraction of sp³-hybridized carbons (Fsp3) is 0.586. The molecule has 10 nitrogen and oxygen atoms in total. The average Bonchev–Trinajstić information content (AvgIpc) is 3.51. The fourth-order valence-electron chi connectivity index (χ4n) is 5.09. The number of anilines is 1. The maximum Gasteiger partial charge on any atom is 0.351 e. The third-order valence-electron chi connectivity index (χ3n) is 7.40. The molecule has 1 N–H and O–H groups in total. The van der Waals surface area contributed by atoms with E-state index < -0.39 is 20.4 Å². The number of aryl methyl sites for hydroxylation is 1. The van der Waals surface area contributed by atoms with E-state index in [1.54, 1.807) is 37.4 Å². The molecule has 0 radical (unpaired) electrons. The Morgan fingerprint density at radius 3 is 2.55 bits per heavy atom. The summed E-state index contributed by atoms with van der Waals surface area (Å²) in [7, 11) is -1.46. The Hall–Kier alpha value is -2.67. The van der Waals surface area contributed by atoms with E-state index in [0.717, 1.165) is 12.8 Å². The van der Waals surface area contributed by atoms with Crippen molar-refractivity contribution in [2.24, 2.45) is 5.41 Å². The van der Waals surface area contributed by atoms with Crippen molar-refractivity contribution >= 4 is 20.3 Å². The van der Waals surface area contributed by atoms with Crippen LogP contribution in [0.5, 0.6) is 0 Å². The van der Waals surface area contributed by atoms with Crippen LogP contribution < -0.4 is 11.0 Å². The normalized spacial score (nSPS) is 22.4. The van der Waals surface area contributed by atoms with Gasteiger partial charge in [0.25, 0.3) is 14.4 Å². The van der Waals surface area contributed by atoms with Gasteiger partial charge in [0.15, 0.2) is 0 Å². The van der Waals surface area contributed by atoms with Crippen LogP contribution in [0.25, 0.3) is 0 Å². The Bertz CT molecular complexity index is 1270. The molecule has 1 aromatic heterocycles. The van der Waals surface area contributed by atoms with Crippen LogP contribution in [0, 0.1) is 23.7 Å². The molecular weight excluding hydrogens is 529 g/mol. The lowest BCUT2D eigenvalue weighted by Crippen LogP contribution is -2.37. The highest BCUT2D eigenvalue weighted by Crippen LogP contribution is 2.58. The topological polar surface area (TPSA) is 119 Å². The van der Waals surface area contributed by atoms with Gasteiger partial charge in [0.05, 0.1) is 31.3 Å². The number of hydrogen-bond acceptors (Lipinski definition) is 8. The average molecular weight is 570 g/mol. The molecule has 0 bridgehead atoms. The summed E-state index contributed by atoms with van der Waals surface area (Å²) in [5, 5.41) is 11.8. The molecule has 2 unspecified atom stereocenters. The summed E-state index contributed by atoms with van der Waals surface area (Å²) in [5.41, 5.74) is 0.595. The lowest BCUT2D eigenvalue weighted by Gasteiger charge is -2.38. The zero-order valence-corrected chi connectivity index (χ0v) is 25.1. The number of carbonyl (C=O) groups is 1. The van der Waals surface area contributed by atoms with Crippen LogP contribution in [0.15, 0.2) is 41.3 Å². The van der Waals surface area contributed by atoms with Crippen molar-refractivity contribution in [1.29, 1.82) is 5.26 Å². The van der Waals surface area contributed by atoms with Gasteiger partial charge in [-0.3, -0.25) is 9.36 Å². The van der Waals surface area contributed by atoms with Gasteiger partial charge < -0.3 is 19.1 Å². The van der Waals surface area contributed by atoms with Gasteiger partial charge in [-0.15, -0.1) is 0 Å². The molecule has 11 heteroatoms. The fourth-order valence-corrected chi connectivity index (χ4v) is 6.82. The zero-order valence-electron chi connectivity index (χ0n) is 24.2. The molecule has 2 aliphatic rings. The molecule has 1 aliphatic heterocycles. The van der Waals surface area contributed by atoms with Gasteiger partial charge >= 0.3 is 5.69 Å². The van der Waals surface area contributed by atoms with E-state index in [1.165, 1.54) is 4.57 Å². The summed E-state index contributed by atoms with van der Waals surface area (Å²) >= 11 is 0. The number of nitriles is 1. The van der Waals surface area contributed by atoms with E-state index in [-0.39, 0.29) is 54.5 Å². The summed E-state index contributed by atoms with van der Waals surface area (Å²) < 4.78 is 23.1. The van der Waals surface area contributed by atoms with E-state index in [4.69, 9.17) is 19.0 Å². The van der Waals surface area contributed by atoms with Gasteiger partial charge in [-0.2, -0.15) is 10.2 Å². The molecule has 2 aromatic rings. The highest BCUT2D eigenvalue weighted by molar-refractivity contribution is 7.44. The van der Waals surface area contributed by atoms with Gasteiger partial charge in [-0.1, -0.05) is 25.1 Å². The van der Waals surface area contributed by atoms with E-state index in [2.05, 4.69) is 55.7 Å². The van der Waals surface area contributed by atoms with Crippen molar-refractivity contribution in [3.8, 4) is 6.07 Å². The van der Waals surface area contributed by atoms with Crippen LogP contribution in [-0.2, 0) is 13.8 Å². The van der Waals surface area contributed by atoms with E-state index in [1.807, 2.05) is 6.07 Å². The Labute approximate surface area is 237 Å². The van der Waals surface area contributed by atoms with Gasteiger partial charge in [0, 0.05) is 35.8 Å². The summed E-state index contributed by atoms with van der Waals surface area (Å²) in [6.07, 6.45) is 3.40. The molecule has 216 valence electrons. The second-order valence-corrected chi connectivity index (χ2v) is 12.8. The van der Waals surface area contributed by atoms with Crippen LogP contribution in [0.4, 0.5) is 5.82 Å². The molecule has 1 amide bonds. The minimum absolute atomic E-state index is 0.0384. The van der Waals surface area contributed by atoms with Crippen LogP contribution >= 0.6 is 8.53 Å². The Morgan fingerprint density at radius 1 is 1.27 bits per heavy atom. The van der Waals surface area contributed by atoms with Crippen molar-refractivity contribution in [2.75, 3.05) is 11.9 Å². The monoisotopic (exact) mass is 569 g/mol. The number of nitrogens with zero attached hydrogens (tertiary/aromatic N) is 4. The predicted molar refractivity (Wildman–Crippen MR) is 154 cm³/mol. The van der Waals surface area contributed by atoms with Gasteiger partial charge in [-0.25, -0.2) is 9.46 Å². The van der Waals surface area contributed by atoms with Crippen molar-refractivity contribution in [1.82, 2.24) is 14.2 Å². The number of carbonyl (C=O) groups excluding carboxylic acids is 1. The smallest absolute Gasteiger partial charge is 0.351 e. The first kappa shape index (κ1) is 30.3. The van der Waals surface area contributed by atoms with Crippen molar-refractivity contribution in [2.45, 2.75) is 97.7 Å². The summed E-state index contributed by atoms with van der Waals surface area (Å²) in [5.74, 6) is -0.101. The second kappa shape index (κ2) is 12.9. The quantitative estimate of drug-likeness (QED) is 0.261. The molecule has 1 saturated carbocycles. The van der Waals surface area contributed by atoms with Crippen LogP contribution in [0.2, 0.25) is 0 Å². The van der Waals surface area contributed by atoms with Crippen molar-refractivity contribution < 1.29 is 18.6 Å². The molecule has 4 atom stereocenters. The Kier molecular flexibility index (Phi) is 9.76. The Morgan fingerprint density at radius 2 is 1.95 bits per heavy atom. The minimum Gasteiger partial charge on any atom is -0.351 e. The molecule has 1 saturated heterocycles. The predicted octanol–water partition coefficient (Wildman–Crippen LogP) is 5.55. The van der Waals surface area contributed by atoms with Crippen LogP contribution in [0.3, 0.4) is 0 Å². The molecule has 40 heavy (non-hydrogen) atoms. The van der Waals surface area contributed by atoms with Gasteiger partial charge in [0.2, 0.25) is 0 Å². The molecule has 1 aliphatic carbocycles. The molecule has 0 spiro atoms.